The quantitative estimate of drug-likeness (QED) is 0.565. The zero-order chi connectivity index (χ0) is 13.4. The van der Waals surface area contributed by atoms with Crippen LogP contribution in [0.3, 0.4) is 0 Å². The zero-order valence-electron chi connectivity index (χ0n) is 11.6. The standard InChI is InChI=1S/C15H24N2O/c1-4-14(17(3)12-8-11-16-2)15(18)13-9-6-5-7-10-13/h5-7,9-10,14,16H,4,8,11-12H2,1-3H3. The van der Waals surface area contributed by atoms with Gasteiger partial charge < -0.3 is 5.32 Å². The number of carbonyl (C=O) groups excluding carboxylic acids is 1. The van der Waals surface area contributed by atoms with E-state index in [1.54, 1.807) is 0 Å². The fourth-order valence-electron chi connectivity index (χ4n) is 2.15. The van der Waals surface area contributed by atoms with Crippen molar-refractivity contribution < 1.29 is 4.79 Å². The fourth-order valence-corrected chi connectivity index (χ4v) is 2.15. The third kappa shape index (κ3) is 4.24. The second-order valence-corrected chi connectivity index (χ2v) is 4.59. The lowest BCUT2D eigenvalue weighted by Crippen LogP contribution is -2.39. The maximum absolute atomic E-state index is 12.4. The number of benzene rings is 1. The van der Waals surface area contributed by atoms with Crippen molar-refractivity contribution >= 4 is 5.78 Å². The van der Waals surface area contributed by atoms with E-state index in [1.807, 2.05) is 44.4 Å². The Balaban J connectivity index is 2.62. The topological polar surface area (TPSA) is 32.3 Å². The molecule has 1 aromatic carbocycles. The molecule has 0 fully saturated rings. The monoisotopic (exact) mass is 248 g/mol. The molecule has 100 valence electrons. The molecule has 0 spiro atoms. The first kappa shape index (κ1) is 14.9. The van der Waals surface area contributed by atoms with E-state index in [-0.39, 0.29) is 11.8 Å². The molecule has 0 radical (unpaired) electrons. The molecule has 0 saturated heterocycles. The van der Waals surface area contributed by atoms with Gasteiger partial charge >= 0.3 is 0 Å². The molecule has 1 aromatic rings. The van der Waals surface area contributed by atoms with Crippen molar-refractivity contribution in [2.75, 3.05) is 27.2 Å². The fraction of sp³-hybridized carbons (Fsp3) is 0.533. The Labute approximate surface area is 110 Å². The van der Waals surface area contributed by atoms with E-state index in [1.165, 1.54) is 0 Å². The number of Topliss-reactive ketones (excluding diaryl/α,β-unsaturated/α-hetero) is 1. The molecular weight excluding hydrogens is 224 g/mol. The Morgan fingerprint density at radius 3 is 2.56 bits per heavy atom. The van der Waals surface area contributed by atoms with Crippen LogP contribution in [0.25, 0.3) is 0 Å². The Hall–Kier alpha value is -1.19. The van der Waals surface area contributed by atoms with E-state index < -0.39 is 0 Å². The molecule has 1 N–H and O–H groups in total. The second kappa shape index (κ2) is 8.01. The Morgan fingerprint density at radius 1 is 1.33 bits per heavy atom. The minimum absolute atomic E-state index is 0.00995. The highest BCUT2D eigenvalue weighted by Gasteiger charge is 2.21. The molecule has 0 aromatic heterocycles. The average molecular weight is 248 g/mol. The number of hydrogen-bond donors (Lipinski definition) is 1. The maximum Gasteiger partial charge on any atom is 0.179 e. The first-order chi connectivity index (χ1) is 8.70. The minimum atomic E-state index is -0.00995. The molecular formula is C15H24N2O. The van der Waals surface area contributed by atoms with Crippen molar-refractivity contribution in [2.45, 2.75) is 25.8 Å². The molecule has 0 amide bonds. The smallest absolute Gasteiger partial charge is 0.179 e. The first-order valence-electron chi connectivity index (χ1n) is 6.64. The van der Waals surface area contributed by atoms with Gasteiger partial charge in [-0.25, -0.2) is 0 Å². The predicted octanol–water partition coefficient (Wildman–Crippen LogP) is 2.19. The summed E-state index contributed by atoms with van der Waals surface area (Å²) in [5.41, 5.74) is 0.810. The molecule has 0 aliphatic heterocycles. The molecule has 18 heavy (non-hydrogen) atoms. The molecule has 1 unspecified atom stereocenters. The molecule has 0 bridgehead atoms. The summed E-state index contributed by atoms with van der Waals surface area (Å²) in [7, 11) is 3.98. The van der Waals surface area contributed by atoms with Crippen LogP contribution in [-0.2, 0) is 0 Å². The number of carbonyl (C=O) groups is 1. The van der Waals surface area contributed by atoms with Gasteiger partial charge in [-0.2, -0.15) is 0 Å². The van der Waals surface area contributed by atoms with E-state index in [9.17, 15) is 4.79 Å². The lowest BCUT2D eigenvalue weighted by Gasteiger charge is -2.26. The average Bonchev–Trinajstić information content (AvgIpc) is 2.41. The maximum atomic E-state index is 12.4. The summed E-state index contributed by atoms with van der Waals surface area (Å²) in [5, 5.41) is 3.13. The van der Waals surface area contributed by atoms with Crippen LogP contribution in [0.4, 0.5) is 0 Å². The zero-order valence-corrected chi connectivity index (χ0v) is 11.6. The number of likely N-dealkylation sites (N-methyl/N-ethyl adjacent to an activating group) is 1. The van der Waals surface area contributed by atoms with Crippen LogP contribution in [0.1, 0.15) is 30.1 Å². The summed E-state index contributed by atoms with van der Waals surface area (Å²) < 4.78 is 0. The van der Waals surface area contributed by atoms with Crippen molar-refractivity contribution in [1.29, 1.82) is 0 Å². The Morgan fingerprint density at radius 2 is 2.00 bits per heavy atom. The summed E-state index contributed by atoms with van der Waals surface area (Å²) in [4.78, 5) is 14.6. The lowest BCUT2D eigenvalue weighted by atomic mass is 10.0. The van der Waals surface area contributed by atoms with Gasteiger partial charge in [0.2, 0.25) is 0 Å². The molecule has 3 heteroatoms. The number of nitrogens with zero attached hydrogens (tertiary/aromatic N) is 1. The van der Waals surface area contributed by atoms with Gasteiger partial charge in [-0.15, -0.1) is 0 Å². The molecule has 0 aliphatic carbocycles. The third-order valence-electron chi connectivity index (χ3n) is 3.22. The van der Waals surface area contributed by atoms with Gasteiger partial charge in [0.25, 0.3) is 0 Å². The van der Waals surface area contributed by atoms with Crippen LogP contribution in [0.2, 0.25) is 0 Å². The number of hydrogen-bond acceptors (Lipinski definition) is 3. The van der Waals surface area contributed by atoms with Crippen LogP contribution < -0.4 is 5.32 Å². The van der Waals surface area contributed by atoms with Crippen molar-refractivity contribution in [2.24, 2.45) is 0 Å². The van der Waals surface area contributed by atoms with Gasteiger partial charge in [0, 0.05) is 5.56 Å². The van der Waals surface area contributed by atoms with Gasteiger partial charge in [0.15, 0.2) is 5.78 Å². The van der Waals surface area contributed by atoms with E-state index >= 15 is 0 Å². The highest BCUT2D eigenvalue weighted by molar-refractivity contribution is 6.00. The van der Waals surface area contributed by atoms with E-state index in [0.717, 1.165) is 31.5 Å². The Kier molecular flexibility index (Phi) is 6.61. The SMILES string of the molecule is CCC(C(=O)c1ccccc1)N(C)CCCNC. The lowest BCUT2D eigenvalue weighted by molar-refractivity contribution is 0.0845. The largest absolute Gasteiger partial charge is 0.320 e. The number of ketones is 1. The van der Waals surface area contributed by atoms with Gasteiger partial charge in [-0.05, 0) is 40.0 Å². The van der Waals surface area contributed by atoms with Gasteiger partial charge in [-0.3, -0.25) is 9.69 Å². The summed E-state index contributed by atoms with van der Waals surface area (Å²) in [5.74, 6) is 0.227. The van der Waals surface area contributed by atoms with E-state index in [2.05, 4.69) is 17.1 Å². The molecule has 3 nitrogen and oxygen atoms in total. The van der Waals surface area contributed by atoms with Crippen molar-refractivity contribution in [3.63, 3.8) is 0 Å². The van der Waals surface area contributed by atoms with Gasteiger partial charge in [0.1, 0.15) is 0 Å². The minimum Gasteiger partial charge on any atom is -0.320 e. The van der Waals surface area contributed by atoms with Crippen LogP contribution in [-0.4, -0.2) is 43.9 Å². The van der Waals surface area contributed by atoms with E-state index in [0.29, 0.717) is 0 Å². The van der Waals surface area contributed by atoms with Crippen molar-refractivity contribution in [3.8, 4) is 0 Å². The highest BCUT2D eigenvalue weighted by atomic mass is 16.1. The molecule has 0 aliphatic rings. The summed E-state index contributed by atoms with van der Waals surface area (Å²) in [6.45, 7) is 4.00. The van der Waals surface area contributed by atoms with Crippen molar-refractivity contribution in [3.05, 3.63) is 35.9 Å². The number of rotatable bonds is 8. The normalized spacial score (nSPS) is 12.7. The van der Waals surface area contributed by atoms with Crippen LogP contribution in [0, 0.1) is 0 Å². The van der Waals surface area contributed by atoms with E-state index in [4.69, 9.17) is 0 Å². The van der Waals surface area contributed by atoms with Crippen molar-refractivity contribution in [1.82, 2.24) is 10.2 Å². The molecule has 1 atom stereocenters. The van der Waals surface area contributed by atoms with Gasteiger partial charge in [0.05, 0.1) is 6.04 Å². The van der Waals surface area contributed by atoms with Gasteiger partial charge in [-0.1, -0.05) is 37.3 Å². The highest BCUT2D eigenvalue weighted by Crippen LogP contribution is 2.11. The molecule has 0 saturated carbocycles. The third-order valence-corrected chi connectivity index (χ3v) is 3.22. The molecule has 1 rings (SSSR count). The summed E-state index contributed by atoms with van der Waals surface area (Å²) in [6.07, 6.45) is 1.91. The Bertz CT molecular complexity index is 351. The predicted molar refractivity (Wildman–Crippen MR) is 76.0 cm³/mol. The summed E-state index contributed by atoms with van der Waals surface area (Å²) >= 11 is 0. The summed E-state index contributed by atoms with van der Waals surface area (Å²) in [6, 6.07) is 9.55. The number of nitrogens with one attached hydrogen (secondary N) is 1. The van der Waals surface area contributed by atoms with Crippen LogP contribution in [0.15, 0.2) is 30.3 Å². The molecule has 0 heterocycles. The second-order valence-electron chi connectivity index (χ2n) is 4.59. The van der Waals surface area contributed by atoms with Crippen LogP contribution in [0.5, 0.6) is 0 Å². The van der Waals surface area contributed by atoms with Crippen LogP contribution >= 0.6 is 0 Å². The first-order valence-corrected chi connectivity index (χ1v) is 6.64.